The van der Waals surface area contributed by atoms with Gasteiger partial charge in [0.15, 0.2) is 6.10 Å². The highest BCUT2D eigenvalue weighted by molar-refractivity contribution is 7.89. The van der Waals surface area contributed by atoms with E-state index in [-0.39, 0.29) is 34.8 Å². The highest BCUT2D eigenvalue weighted by atomic mass is 32.2. The molecular weight excluding hydrogens is 462 g/mol. The number of ether oxygens (including phenoxy) is 1. The summed E-state index contributed by atoms with van der Waals surface area (Å²) in [6.45, 7) is 6.53. The number of thiazole rings is 1. The molecule has 4 rings (SSSR count). The third-order valence-corrected chi connectivity index (χ3v) is 8.51. The number of carbonyl (C=O) groups excluding carboxylic acids is 1. The Bertz CT molecular complexity index is 1310. The van der Waals surface area contributed by atoms with Gasteiger partial charge in [-0.1, -0.05) is 29.5 Å². The highest BCUT2D eigenvalue weighted by Crippen LogP contribution is 2.26. The summed E-state index contributed by atoms with van der Waals surface area (Å²) in [5.41, 5.74) is 0.738. The quantitative estimate of drug-likeness (QED) is 0.531. The van der Waals surface area contributed by atoms with E-state index < -0.39 is 16.1 Å². The zero-order valence-corrected chi connectivity index (χ0v) is 20.4. The molecule has 1 atom stereocenters. The SMILES string of the molecule is CC(C)n1c(=O)sc2cc(S(=O)(=O)N3CCN(C(=O)[C@H](C)Oc4ccccc4)CC3)ccc21. The molecule has 176 valence electrons. The van der Waals surface area contributed by atoms with Gasteiger partial charge >= 0.3 is 4.87 Å². The molecule has 1 aliphatic heterocycles. The summed E-state index contributed by atoms with van der Waals surface area (Å²) in [4.78, 5) is 26.7. The lowest BCUT2D eigenvalue weighted by molar-refractivity contribution is -0.139. The van der Waals surface area contributed by atoms with Crippen molar-refractivity contribution in [1.29, 1.82) is 0 Å². The van der Waals surface area contributed by atoms with Gasteiger partial charge in [-0.25, -0.2) is 8.42 Å². The number of nitrogens with zero attached hydrogens (tertiary/aromatic N) is 3. The standard InChI is InChI=1S/C23H27N3O5S2/c1-16(2)26-20-10-9-19(15-21(20)32-23(26)28)33(29,30)25-13-11-24(12-14-25)22(27)17(3)31-18-7-5-4-6-8-18/h4-10,15-17H,11-14H2,1-3H3/t17-/m0/s1. The van der Waals surface area contributed by atoms with Crippen LogP contribution in [0.25, 0.3) is 10.2 Å². The zero-order valence-electron chi connectivity index (χ0n) is 18.8. The van der Waals surface area contributed by atoms with E-state index in [0.29, 0.717) is 23.5 Å². The Kier molecular flexibility index (Phi) is 6.60. The summed E-state index contributed by atoms with van der Waals surface area (Å²) in [6.07, 6.45) is -0.661. The smallest absolute Gasteiger partial charge is 0.308 e. The van der Waals surface area contributed by atoms with Crippen molar-refractivity contribution in [1.82, 2.24) is 13.8 Å². The number of rotatable bonds is 6. The molecule has 0 aliphatic carbocycles. The Balaban J connectivity index is 1.44. The first-order chi connectivity index (χ1) is 15.7. The number of benzene rings is 2. The number of aromatic nitrogens is 1. The van der Waals surface area contributed by atoms with Gasteiger partial charge in [0.2, 0.25) is 10.0 Å². The fourth-order valence-electron chi connectivity index (χ4n) is 3.97. The summed E-state index contributed by atoms with van der Waals surface area (Å²) in [7, 11) is -3.74. The molecule has 2 aromatic carbocycles. The Hall–Kier alpha value is -2.69. The van der Waals surface area contributed by atoms with Crippen LogP contribution in [0.2, 0.25) is 0 Å². The minimum Gasteiger partial charge on any atom is -0.481 e. The number of fused-ring (bicyclic) bond motifs is 1. The van der Waals surface area contributed by atoms with Crippen molar-refractivity contribution in [2.24, 2.45) is 0 Å². The maximum atomic E-state index is 13.2. The normalized spacial score (nSPS) is 16.3. The molecule has 1 aromatic heterocycles. The van der Waals surface area contributed by atoms with E-state index in [2.05, 4.69) is 0 Å². The first kappa shape index (κ1) is 23.5. The fraction of sp³-hybridized carbons (Fsp3) is 0.391. The predicted octanol–water partition coefficient (Wildman–Crippen LogP) is 2.94. The molecule has 1 fully saturated rings. The van der Waals surface area contributed by atoms with Crippen LogP contribution in [0.5, 0.6) is 5.75 Å². The second-order valence-electron chi connectivity index (χ2n) is 8.26. The molecule has 3 aromatic rings. The molecule has 0 N–H and O–H groups in total. The van der Waals surface area contributed by atoms with Gasteiger partial charge in [0.1, 0.15) is 5.75 Å². The van der Waals surface area contributed by atoms with Crippen LogP contribution in [0.4, 0.5) is 0 Å². The number of hydrogen-bond acceptors (Lipinski definition) is 6. The second kappa shape index (κ2) is 9.28. The summed E-state index contributed by atoms with van der Waals surface area (Å²) in [6, 6.07) is 13.9. The average Bonchev–Trinajstić information content (AvgIpc) is 3.14. The number of carbonyl (C=O) groups is 1. The van der Waals surface area contributed by atoms with Crippen LogP contribution in [0.3, 0.4) is 0 Å². The van der Waals surface area contributed by atoms with E-state index in [1.165, 1.54) is 4.31 Å². The van der Waals surface area contributed by atoms with E-state index in [4.69, 9.17) is 4.74 Å². The van der Waals surface area contributed by atoms with E-state index in [1.807, 2.05) is 32.0 Å². The van der Waals surface area contributed by atoms with Crippen molar-refractivity contribution in [3.63, 3.8) is 0 Å². The number of amides is 1. The monoisotopic (exact) mass is 489 g/mol. The molecule has 1 aliphatic rings. The third kappa shape index (κ3) is 4.68. The summed E-state index contributed by atoms with van der Waals surface area (Å²) in [5, 5.41) is 0. The fourth-order valence-corrected chi connectivity index (χ4v) is 6.55. The Morgan fingerprint density at radius 2 is 1.67 bits per heavy atom. The molecule has 0 bridgehead atoms. The molecule has 1 saturated heterocycles. The van der Waals surface area contributed by atoms with Gasteiger partial charge in [0.05, 0.1) is 15.1 Å². The Morgan fingerprint density at radius 1 is 1.00 bits per heavy atom. The zero-order chi connectivity index (χ0) is 23.8. The van der Waals surface area contributed by atoms with Crippen molar-refractivity contribution in [3.8, 4) is 5.75 Å². The lowest BCUT2D eigenvalue weighted by atomic mass is 10.3. The molecule has 0 radical (unpaired) electrons. The van der Waals surface area contributed by atoms with Gasteiger partial charge in [-0.3, -0.25) is 14.2 Å². The van der Waals surface area contributed by atoms with Crippen molar-refractivity contribution in [3.05, 3.63) is 58.2 Å². The third-order valence-electron chi connectivity index (χ3n) is 5.69. The van der Waals surface area contributed by atoms with Gasteiger partial charge in [0.25, 0.3) is 5.91 Å². The summed E-state index contributed by atoms with van der Waals surface area (Å²) in [5.74, 6) is 0.445. The van der Waals surface area contributed by atoms with Crippen molar-refractivity contribution < 1.29 is 17.9 Å². The van der Waals surface area contributed by atoms with Gasteiger partial charge in [0, 0.05) is 32.2 Å². The number of para-hydroxylation sites is 1. The molecule has 8 nitrogen and oxygen atoms in total. The number of hydrogen-bond donors (Lipinski definition) is 0. The van der Waals surface area contributed by atoms with E-state index in [1.54, 1.807) is 46.7 Å². The highest BCUT2D eigenvalue weighted by Gasteiger charge is 2.32. The van der Waals surface area contributed by atoms with Crippen molar-refractivity contribution in [2.75, 3.05) is 26.2 Å². The van der Waals surface area contributed by atoms with Gasteiger partial charge < -0.3 is 9.64 Å². The van der Waals surface area contributed by atoms with Crippen LogP contribution in [-0.4, -0.2) is 60.4 Å². The van der Waals surface area contributed by atoms with Crippen LogP contribution in [0, 0.1) is 0 Å². The first-order valence-electron chi connectivity index (χ1n) is 10.8. The van der Waals surface area contributed by atoms with E-state index in [0.717, 1.165) is 16.9 Å². The summed E-state index contributed by atoms with van der Waals surface area (Å²) >= 11 is 1.05. The van der Waals surface area contributed by atoms with Gasteiger partial charge in [-0.2, -0.15) is 4.31 Å². The molecule has 1 amide bonds. The van der Waals surface area contributed by atoms with Crippen molar-refractivity contribution in [2.45, 2.75) is 37.8 Å². The van der Waals surface area contributed by atoms with Crippen LogP contribution in [0.15, 0.2) is 58.2 Å². The van der Waals surface area contributed by atoms with E-state index in [9.17, 15) is 18.0 Å². The predicted molar refractivity (Wildman–Crippen MR) is 128 cm³/mol. The van der Waals surface area contributed by atoms with Crippen molar-refractivity contribution >= 4 is 37.5 Å². The van der Waals surface area contributed by atoms with Crippen LogP contribution in [0.1, 0.15) is 26.8 Å². The number of piperazine rings is 1. The molecular formula is C23H27N3O5S2. The molecule has 2 heterocycles. The molecule has 0 saturated carbocycles. The molecule has 0 unspecified atom stereocenters. The Labute approximate surface area is 197 Å². The topological polar surface area (TPSA) is 88.9 Å². The molecule has 10 heteroatoms. The second-order valence-corrected chi connectivity index (χ2v) is 11.2. The van der Waals surface area contributed by atoms with Gasteiger partial charge in [-0.05, 0) is 51.1 Å². The first-order valence-corrected chi connectivity index (χ1v) is 13.1. The van der Waals surface area contributed by atoms with Crippen LogP contribution in [-0.2, 0) is 14.8 Å². The lowest BCUT2D eigenvalue weighted by Crippen LogP contribution is -2.53. The average molecular weight is 490 g/mol. The number of sulfonamides is 1. The maximum Gasteiger partial charge on any atom is 0.308 e. The van der Waals surface area contributed by atoms with Crippen LogP contribution >= 0.6 is 11.3 Å². The van der Waals surface area contributed by atoms with Gasteiger partial charge in [-0.15, -0.1) is 0 Å². The minimum atomic E-state index is -3.74. The molecule has 0 spiro atoms. The molecule has 33 heavy (non-hydrogen) atoms. The summed E-state index contributed by atoms with van der Waals surface area (Å²) < 4.78 is 35.9. The maximum absolute atomic E-state index is 13.2. The van der Waals surface area contributed by atoms with E-state index >= 15 is 0 Å². The Morgan fingerprint density at radius 3 is 2.30 bits per heavy atom. The lowest BCUT2D eigenvalue weighted by Gasteiger charge is -2.35. The minimum absolute atomic E-state index is 0.00687. The van der Waals surface area contributed by atoms with Crippen LogP contribution < -0.4 is 9.61 Å². The largest absolute Gasteiger partial charge is 0.481 e.